The van der Waals surface area contributed by atoms with Gasteiger partial charge in [0.25, 0.3) is 0 Å². The van der Waals surface area contributed by atoms with Crippen molar-refractivity contribution in [3.63, 3.8) is 0 Å². The lowest BCUT2D eigenvalue weighted by Gasteiger charge is -2.29. The van der Waals surface area contributed by atoms with Gasteiger partial charge in [-0.3, -0.25) is 0 Å². The van der Waals surface area contributed by atoms with Crippen LogP contribution < -0.4 is 20.9 Å². The smallest absolute Gasteiger partial charge is 0.369 e. The molecule has 0 aromatic heterocycles. The summed E-state index contributed by atoms with van der Waals surface area (Å²) in [5, 5.41) is 9.01. The maximum Gasteiger partial charge on any atom is 0.416 e. The molecule has 0 radical (unpaired) electrons. The topological polar surface area (TPSA) is 56.4 Å². The van der Waals surface area contributed by atoms with E-state index >= 15 is 0 Å². The summed E-state index contributed by atoms with van der Waals surface area (Å²) in [7, 11) is 0. The van der Waals surface area contributed by atoms with E-state index in [2.05, 4.69) is 20.9 Å². The first kappa shape index (κ1) is 22.9. The summed E-state index contributed by atoms with van der Waals surface area (Å²) in [6.45, 7) is 3.77. The molecular weight excluding hydrogens is 453 g/mol. The number of alkyl halides is 3. The number of urea groups is 1. The second-order valence-electron chi connectivity index (χ2n) is 7.63. The summed E-state index contributed by atoms with van der Waals surface area (Å²) < 4.78 is 39.0. The summed E-state index contributed by atoms with van der Waals surface area (Å²) in [5.74, 6) is 0. The normalized spacial score (nSPS) is 14.1. The molecular formula is C24H22ClF3N4O. The largest absolute Gasteiger partial charge is 0.416 e. The van der Waals surface area contributed by atoms with Crippen LogP contribution in [0.25, 0.3) is 11.1 Å². The molecule has 0 aliphatic carbocycles. The van der Waals surface area contributed by atoms with Crippen LogP contribution in [0.2, 0.25) is 5.02 Å². The standard InChI is InChI=1S/C24H22ClF3N4O/c25-22-10-3-17(24(26,27)28)15-21(22)16-1-4-18(5-2-16)30-23(33)31-19-6-8-20(9-7-19)32-13-11-29-12-14-32/h1-10,15,29H,11-14H2,(H2,30,31,33). The fourth-order valence-electron chi connectivity index (χ4n) is 3.63. The molecule has 4 rings (SSSR count). The Morgan fingerprint density at radius 3 is 2.03 bits per heavy atom. The molecule has 0 bridgehead atoms. The van der Waals surface area contributed by atoms with Crippen LogP contribution in [-0.2, 0) is 6.18 Å². The number of benzene rings is 3. The van der Waals surface area contributed by atoms with Gasteiger partial charge in [-0.1, -0.05) is 23.7 Å². The number of hydrogen-bond donors (Lipinski definition) is 3. The van der Waals surface area contributed by atoms with Crippen LogP contribution in [0, 0.1) is 0 Å². The second kappa shape index (κ2) is 9.72. The summed E-state index contributed by atoms with van der Waals surface area (Å²) in [5.41, 5.74) is 2.26. The number of piperazine rings is 1. The summed E-state index contributed by atoms with van der Waals surface area (Å²) in [4.78, 5) is 14.6. The Morgan fingerprint density at radius 2 is 1.45 bits per heavy atom. The molecule has 1 heterocycles. The van der Waals surface area contributed by atoms with Crippen molar-refractivity contribution in [1.82, 2.24) is 5.32 Å². The van der Waals surface area contributed by atoms with E-state index in [4.69, 9.17) is 11.6 Å². The van der Waals surface area contributed by atoms with E-state index in [1.165, 1.54) is 6.07 Å². The average Bonchev–Trinajstić information content (AvgIpc) is 2.80. The first-order chi connectivity index (χ1) is 15.8. The maximum absolute atomic E-state index is 13.0. The van der Waals surface area contributed by atoms with Crippen molar-refractivity contribution in [3.8, 4) is 11.1 Å². The maximum atomic E-state index is 13.0. The third-order valence-electron chi connectivity index (χ3n) is 5.35. The highest BCUT2D eigenvalue weighted by Crippen LogP contribution is 2.36. The van der Waals surface area contributed by atoms with Crippen LogP contribution in [0.4, 0.5) is 35.0 Å². The molecule has 0 atom stereocenters. The number of hydrogen-bond acceptors (Lipinski definition) is 3. The van der Waals surface area contributed by atoms with E-state index in [0.29, 0.717) is 16.9 Å². The zero-order valence-electron chi connectivity index (χ0n) is 17.5. The van der Waals surface area contributed by atoms with Gasteiger partial charge in [0.2, 0.25) is 0 Å². The minimum atomic E-state index is -4.46. The van der Waals surface area contributed by atoms with Gasteiger partial charge in [-0.25, -0.2) is 4.79 Å². The monoisotopic (exact) mass is 474 g/mol. The van der Waals surface area contributed by atoms with E-state index < -0.39 is 17.8 Å². The van der Waals surface area contributed by atoms with Gasteiger partial charge in [0, 0.05) is 53.8 Å². The predicted molar refractivity (Wildman–Crippen MR) is 126 cm³/mol. The Balaban J connectivity index is 1.38. The molecule has 9 heteroatoms. The van der Waals surface area contributed by atoms with E-state index in [1.54, 1.807) is 24.3 Å². The Hall–Kier alpha value is -3.23. The van der Waals surface area contributed by atoms with E-state index in [0.717, 1.165) is 44.0 Å². The molecule has 172 valence electrons. The predicted octanol–water partition coefficient (Wildman–Crippen LogP) is 6.08. The lowest BCUT2D eigenvalue weighted by molar-refractivity contribution is -0.137. The first-order valence-electron chi connectivity index (χ1n) is 10.4. The minimum absolute atomic E-state index is 0.214. The third kappa shape index (κ3) is 5.77. The Kier molecular flexibility index (Phi) is 6.76. The molecule has 5 nitrogen and oxygen atoms in total. The number of nitrogens with one attached hydrogen (secondary N) is 3. The average molecular weight is 475 g/mol. The number of carbonyl (C=O) groups excluding carboxylic acids is 1. The molecule has 3 aromatic carbocycles. The highest BCUT2D eigenvalue weighted by Gasteiger charge is 2.31. The lowest BCUT2D eigenvalue weighted by atomic mass is 10.0. The van der Waals surface area contributed by atoms with E-state index in [1.807, 2.05) is 24.3 Å². The van der Waals surface area contributed by atoms with Gasteiger partial charge in [0.1, 0.15) is 0 Å². The van der Waals surface area contributed by atoms with Crippen LogP contribution >= 0.6 is 11.6 Å². The molecule has 0 spiro atoms. The van der Waals surface area contributed by atoms with Crippen molar-refractivity contribution in [2.75, 3.05) is 41.7 Å². The Morgan fingerprint density at radius 1 is 0.879 bits per heavy atom. The zero-order chi connectivity index (χ0) is 23.4. The van der Waals surface area contributed by atoms with Crippen LogP contribution in [0.5, 0.6) is 0 Å². The van der Waals surface area contributed by atoms with Crippen molar-refractivity contribution in [1.29, 1.82) is 0 Å². The van der Waals surface area contributed by atoms with Crippen LogP contribution in [0.3, 0.4) is 0 Å². The van der Waals surface area contributed by atoms with Crippen LogP contribution in [-0.4, -0.2) is 32.2 Å². The molecule has 1 aliphatic rings. The fraction of sp³-hybridized carbons (Fsp3) is 0.208. The van der Waals surface area contributed by atoms with Gasteiger partial charge in [-0.2, -0.15) is 13.2 Å². The highest BCUT2D eigenvalue weighted by molar-refractivity contribution is 6.33. The lowest BCUT2D eigenvalue weighted by Crippen LogP contribution is -2.43. The second-order valence-corrected chi connectivity index (χ2v) is 8.04. The van der Waals surface area contributed by atoms with Crippen LogP contribution in [0.1, 0.15) is 5.56 Å². The van der Waals surface area contributed by atoms with Crippen molar-refractivity contribution in [3.05, 3.63) is 77.3 Å². The molecule has 1 saturated heterocycles. The number of halogens is 4. The Bertz CT molecular complexity index is 1110. The number of amides is 2. The molecule has 1 aliphatic heterocycles. The van der Waals surface area contributed by atoms with Gasteiger partial charge >= 0.3 is 12.2 Å². The van der Waals surface area contributed by atoms with E-state index in [9.17, 15) is 18.0 Å². The summed E-state index contributed by atoms with van der Waals surface area (Å²) in [6.07, 6.45) is -4.46. The molecule has 0 unspecified atom stereocenters. The summed E-state index contributed by atoms with van der Waals surface area (Å²) >= 11 is 6.10. The van der Waals surface area contributed by atoms with Crippen molar-refractivity contribution in [2.45, 2.75) is 6.18 Å². The van der Waals surface area contributed by atoms with E-state index in [-0.39, 0.29) is 10.6 Å². The Labute approximate surface area is 194 Å². The third-order valence-corrected chi connectivity index (χ3v) is 5.68. The molecule has 3 aromatic rings. The van der Waals surface area contributed by atoms with Crippen molar-refractivity contribution >= 4 is 34.7 Å². The number of rotatable bonds is 4. The zero-order valence-corrected chi connectivity index (χ0v) is 18.3. The first-order valence-corrected chi connectivity index (χ1v) is 10.8. The van der Waals surface area contributed by atoms with Gasteiger partial charge < -0.3 is 20.9 Å². The number of nitrogens with zero attached hydrogens (tertiary/aromatic N) is 1. The quantitative estimate of drug-likeness (QED) is 0.429. The summed E-state index contributed by atoms with van der Waals surface area (Å²) in [6, 6.07) is 16.8. The molecule has 0 saturated carbocycles. The van der Waals surface area contributed by atoms with Gasteiger partial charge in [-0.05, 0) is 60.2 Å². The number of anilines is 3. The molecule has 2 amide bonds. The number of carbonyl (C=O) groups is 1. The van der Waals surface area contributed by atoms with Gasteiger partial charge in [-0.15, -0.1) is 0 Å². The van der Waals surface area contributed by atoms with Gasteiger partial charge in [0.15, 0.2) is 0 Å². The van der Waals surface area contributed by atoms with Crippen molar-refractivity contribution in [2.24, 2.45) is 0 Å². The molecule has 33 heavy (non-hydrogen) atoms. The SMILES string of the molecule is O=C(Nc1ccc(-c2cc(C(F)(F)F)ccc2Cl)cc1)Nc1ccc(N2CCNCC2)cc1. The fourth-order valence-corrected chi connectivity index (χ4v) is 3.85. The van der Waals surface area contributed by atoms with Gasteiger partial charge in [0.05, 0.1) is 5.56 Å². The molecule has 3 N–H and O–H groups in total. The van der Waals surface area contributed by atoms with Crippen molar-refractivity contribution < 1.29 is 18.0 Å². The highest BCUT2D eigenvalue weighted by atomic mass is 35.5. The van der Waals surface area contributed by atoms with Crippen LogP contribution in [0.15, 0.2) is 66.7 Å². The minimum Gasteiger partial charge on any atom is -0.369 e. The molecule has 1 fully saturated rings.